The van der Waals surface area contributed by atoms with Gasteiger partial charge in [-0.1, -0.05) is 29.8 Å². The van der Waals surface area contributed by atoms with Crippen molar-refractivity contribution < 1.29 is 23.5 Å². The van der Waals surface area contributed by atoms with Gasteiger partial charge < -0.3 is 10.1 Å². The first-order valence-corrected chi connectivity index (χ1v) is 10.0. The summed E-state index contributed by atoms with van der Waals surface area (Å²) in [6.07, 6.45) is -0.549. The van der Waals surface area contributed by atoms with Crippen LogP contribution in [0.2, 0.25) is 5.02 Å². The molecule has 0 aliphatic carbocycles. The number of ether oxygens (including phenoxy) is 1. The average Bonchev–Trinajstić information content (AvgIpc) is 2.94. The molecule has 1 fully saturated rings. The Bertz CT molecular complexity index is 1070. The molecule has 2 aromatic carbocycles. The zero-order chi connectivity index (χ0) is 21.6. The summed E-state index contributed by atoms with van der Waals surface area (Å²) in [6, 6.07) is 8.56. The highest BCUT2D eigenvalue weighted by atomic mass is 35.5. The van der Waals surface area contributed by atoms with E-state index in [9.17, 15) is 18.8 Å². The fourth-order valence-corrected chi connectivity index (χ4v) is 4.64. The maximum Gasteiger partial charge on any atom is 0.421 e. The first-order valence-electron chi connectivity index (χ1n) is 9.67. The Balaban J connectivity index is 1.96. The molecule has 0 aromatic heterocycles. The van der Waals surface area contributed by atoms with E-state index in [0.29, 0.717) is 27.4 Å². The van der Waals surface area contributed by atoms with Gasteiger partial charge in [0.25, 0.3) is 0 Å². The number of carbonyl (C=O) groups excluding carboxylic acids is 3. The third-order valence-electron chi connectivity index (χ3n) is 5.88. The minimum Gasteiger partial charge on any atom is -0.449 e. The number of carbonyl (C=O) groups is 3. The number of imide groups is 1. The molecule has 4 rings (SSSR count). The topological polar surface area (TPSA) is 75.7 Å². The number of anilines is 1. The summed E-state index contributed by atoms with van der Waals surface area (Å²) in [7, 11) is 0. The second-order valence-corrected chi connectivity index (χ2v) is 7.86. The predicted octanol–water partition coefficient (Wildman–Crippen LogP) is 4.18. The van der Waals surface area contributed by atoms with Crippen LogP contribution in [0.1, 0.15) is 42.5 Å². The van der Waals surface area contributed by atoms with Gasteiger partial charge in [0.1, 0.15) is 11.2 Å². The Morgan fingerprint density at radius 2 is 2.10 bits per heavy atom. The minimum atomic E-state index is -1.28. The number of hydrogen-bond donors (Lipinski definition) is 1. The number of fused-ring (bicyclic) bond motifs is 2. The minimum absolute atomic E-state index is 0.0919. The third kappa shape index (κ3) is 2.88. The Kier molecular flexibility index (Phi) is 5.02. The molecule has 8 heteroatoms. The van der Waals surface area contributed by atoms with Crippen LogP contribution in [0.3, 0.4) is 0 Å². The molecule has 2 heterocycles. The molecule has 30 heavy (non-hydrogen) atoms. The third-order valence-corrected chi connectivity index (χ3v) is 6.12. The lowest BCUT2D eigenvalue weighted by Gasteiger charge is -2.41. The van der Waals surface area contributed by atoms with Gasteiger partial charge in [0.2, 0.25) is 11.8 Å². The fourth-order valence-electron chi connectivity index (χ4n) is 4.47. The van der Waals surface area contributed by atoms with Gasteiger partial charge in [-0.25, -0.2) is 14.1 Å². The van der Waals surface area contributed by atoms with Crippen LogP contribution in [0.4, 0.5) is 14.9 Å². The van der Waals surface area contributed by atoms with E-state index in [2.05, 4.69) is 5.32 Å². The highest BCUT2D eigenvalue weighted by Gasteiger charge is 2.60. The van der Waals surface area contributed by atoms with Crippen LogP contribution in [-0.4, -0.2) is 24.5 Å². The highest BCUT2D eigenvalue weighted by Crippen LogP contribution is 2.54. The maximum absolute atomic E-state index is 14.4. The van der Waals surface area contributed by atoms with E-state index in [4.69, 9.17) is 16.3 Å². The summed E-state index contributed by atoms with van der Waals surface area (Å²) in [5.41, 5.74) is 0.420. The number of hydrogen-bond acceptors (Lipinski definition) is 4. The lowest BCUT2D eigenvalue weighted by molar-refractivity contribution is -0.130. The smallest absolute Gasteiger partial charge is 0.421 e. The van der Waals surface area contributed by atoms with Crippen molar-refractivity contribution in [3.63, 3.8) is 0 Å². The Morgan fingerprint density at radius 3 is 2.83 bits per heavy atom. The molecule has 0 radical (unpaired) electrons. The van der Waals surface area contributed by atoms with Gasteiger partial charge in [0, 0.05) is 11.4 Å². The van der Waals surface area contributed by atoms with E-state index >= 15 is 0 Å². The molecular formula is C22H20ClFN2O4. The zero-order valence-corrected chi connectivity index (χ0v) is 17.3. The number of amides is 3. The SMILES string of the molecule is CCOC(=O)N1C(=O)[C@]2(CCC(=O)N[C@H]2c2cccc(F)c2C)c2ccc(Cl)cc21. The first-order chi connectivity index (χ1) is 14.3. The summed E-state index contributed by atoms with van der Waals surface area (Å²) >= 11 is 6.16. The Morgan fingerprint density at radius 1 is 1.33 bits per heavy atom. The van der Waals surface area contributed by atoms with Crippen LogP contribution in [0.15, 0.2) is 36.4 Å². The van der Waals surface area contributed by atoms with Gasteiger partial charge in [-0.05, 0) is 55.2 Å². The van der Waals surface area contributed by atoms with Gasteiger partial charge in [-0.3, -0.25) is 9.59 Å². The van der Waals surface area contributed by atoms with E-state index in [1.54, 1.807) is 32.0 Å². The second-order valence-electron chi connectivity index (χ2n) is 7.43. The molecule has 1 saturated heterocycles. The van der Waals surface area contributed by atoms with Crippen molar-refractivity contribution in [3.8, 4) is 0 Å². The van der Waals surface area contributed by atoms with Crippen LogP contribution in [0.5, 0.6) is 0 Å². The lowest BCUT2D eigenvalue weighted by atomic mass is 9.67. The molecule has 0 bridgehead atoms. The van der Waals surface area contributed by atoms with Crippen molar-refractivity contribution in [3.05, 3.63) is 63.9 Å². The standard InChI is InChI=1S/C22H20ClFN2O4/c1-3-30-21(29)26-17-11-13(23)7-8-15(17)22(20(26)28)10-9-18(27)25-19(22)14-5-4-6-16(24)12(14)2/h4-8,11,19H,3,9-10H2,1-2H3,(H,25,27)/t19-,22+/m0/s1. The van der Waals surface area contributed by atoms with E-state index in [1.807, 2.05) is 0 Å². The van der Waals surface area contributed by atoms with Gasteiger partial charge >= 0.3 is 6.09 Å². The molecule has 2 aliphatic rings. The second kappa shape index (κ2) is 7.40. The number of benzene rings is 2. The molecular weight excluding hydrogens is 411 g/mol. The maximum atomic E-state index is 14.4. The van der Waals surface area contributed by atoms with Crippen LogP contribution in [-0.2, 0) is 19.7 Å². The molecule has 1 N–H and O–H groups in total. The number of nitrogens with zero attached hydrogens (tertiary/aromatic N) is 1. The highest BCUT2D eigenvalue weighted by molar-refractivity contribution is 6.32. The summed E-state index contributed by atoms with van der Waals surface area (Å²) in [6.45, 7) is 3.34. The summed E-state index contributed by atoms with van der Waals surface area (Å²) in [5.74, 6) is -1.20. The molecule has 0 saturated carbocycles. The van der Waals surface area contributed by atoms with Crippen LogP contribution < -0.4 is 10.2 Å². The van der Waals surface area contributed by atoms with Crippen LogP contribution >= 0.6 is 11.6 Å². The monoisotopic (exact) mass is 430 g/mol. The van der Waals surface area contributed by atoms with Crippen LogP contribution in [0.25, 0.3) is 0 Å². The van der Waals surface area contributed by atoms with E-state index < -0.39 is 29.3 Å². The van der Waals surface area contributed by atoms with Crippen molar-refractivity contribution in [1.82, 2.24) is 5.32 Å². The summed E-state index contributed by atoms with van der Waals surface area (Å²) in [4.78, 5) is 39.8. The first kappa shape index (κ1) is 20.3. The molecule has 3 amide bonds. The normalized spacial score (nSPS) is 22.8. The fraction of sp³-hybridized carbons (Fsp3) is 0.318. The van der Waals surface area contributed by atoms with Crippen molar-refractivity contribution in [2.24, 2.45) is 0 Å². The largest absolute Gasteiger partial charge is 0.449 e. The van der Waals surface area contributed by atoms with Gasteiger partial charge in [-0.2, -0.15) is 0 Å². The Hall–Kier alpha value is -2.93. The molecule has 6 nitrogen and oxygen atoms in total. The number of rotatable bonds is 2. The molecule has 156 valence electrons. The van der Waals surface area contributed by atoms with Crippen molar-refractivity contribution in [2.75, 3.05) is 11.5 Å². The Labute approximate surface area is 178 Å². The van der Waals surface area contributed by atoms with Gasteiger partial charge in [0.15, 0.2) is 0 Å². The predicted molar refractivity (Wildman–Crippen MR) is 109 cm³/mol. The van der Waals surface area contributed by atoms with Crippen molar-refractivity contribution in [2.45, 2.75) is 38.1 Å². The van der Waals surface area contributed by atoms with E-state index in [1.165, 1.54) is 18.2 Å². The van der Waals surface area contributed by atoms with Gasteiger partial charge in [0.05, 0.1) is 18.3 Å². The lowest BCUT2D eigenvalue weighted by Crippen LogP contribution is -2.55. The molecule has 0 unspecified atom stereocenters. The summed E-state index contributed by atoms with van der Waals surface area (Å²) in [5, 5.41) is 3.23. The average molecular weight is 431 g/mol. The molecule has 2 atom stereocenters. The number of nitrogens with one attached hydrogen (secondary N) is 1. The molecule has 2 aromatic rings. The number of piperidine rings is 1. The summed E-state index contributed by atoms with van der Waals surface area (Å²) < 4.78 is 19.5. The van der Waals surface area contributed by atoms with Crippen molar-refractivity contribution in [1.29, 1.82) is 0 Å². The van der Waals surface area contributed by atoms with Gasteiger partial charge in [-0.15, -0.1) is 0 Å². The van der Waals surface area contributed by atoms with E-state index in [-0.39, 0.29) is 25.4 Å². The van der Waals surface area contributed by atoms with Crippen molar-refractivity contribution >= 4 is 35.2 Å². The molecule has 1 spiro atoms. The molecule has 2 aliphatic heterocycles. The zero-order valence-electron chi connectivity index (χ0n) is 16.5. The quantitative estimate of drug-likeness (QED) is 0.775. The van der Waals surface area contributed by atoms with E-state index in [0.717, 1.165) is 4.90 Å². The number of halogens is 2. The van der Waals surface area contributed by atoms with Crippen LogP contribution in [0, 0.1) is 12.7 Å².